The maximum atomic E-state index is 3.45. The van der Waals surface area contributed by atoms with Crippen molar-refractivity contribution in [3.05, 3.63) is 11.6 Å². The molecule has 3 heteroatoms. The Kier molecular flexibility index (Phi) is 2.72. The van der Waals surface area contributed by atoms with Crippen molar-refractivity contribution >= 4 is 12.4 Å². The smallest absolute Gasteiger partial charge is 0.311 e. The van der Waals surface area contributed by atoms with Gasteiger partial charge in [0.15, 0.2) is 0 Å². The predicted octanol–water partition coefficient (Wildman–Crippen LogP) is 0.525. The van der Waals surface area contributed by atoms with E-state index in [9.17, 15) is 0 Å². The van der Waals surface area contributed by atoms with E-state index in [0.717, 1.165) is 19.6 Å². The minimum atomic E-state index is 0. The number of hydrogen-bond donors (Lipinski definition) is 2. The van der Waals surface area contributed by atoms with Gasteiger partial charge in [-0.05, 0) is 18.5 Å². The van der Waals surface area contributed by atoms with Crippen LogP contribution in [0.2, 0.25) is 0 Å². The maximum Gasteiger partial charge on any atom is 1.00 e. The molecular weight excluding hydrogens is 148 g/mol. The van der Waals surface area contributed by atoms with Crippen LogP contribution in [0.15, 0.2) is 11.6 Å². The van der Waals surface area contributed by atoms with E-state index in [0.29, 0.717) is 6.04 Å². The summed E-state index contributed by atoms with van der Waals surface area (Å²) in [7, 11) is 0. The second kappa shape index (κ2) is 3.37. The second-order valence-corrected chi connectivity index (χ2v) is 2.71. The first-order chi connectivity index (χ1) is 4.47. The van der Waals surface area contributed by atoms with E-state index < -0.39 is 0 Å². The van der Waals surface area contributed by atoms with Crippen molar-refractivity contribution < 1.29 is 2.85 Å². The lowest BCUT2D eigenvalue weighted by Crippen LogP contribution is -2.35. The molecule has 1 saturated heterocycles. The zero-order valence-corrected chi connectivity index (χ0v) is 6.71. The monoisotopic (exact) mass is 162 g/mol. The summed E-state index contributed by atoms with van der Waals surface area (Å²) in [6, 6.07) is 0.666. The molecule has 0 radical (unpaired) electrons. The van der Waals surface area contributed by atoms with Gasteiger partial charge in [0.05, 0.1) is 0 Å². The average molecular weight is 163 g/mol. The van der Waals surface area contributed by atoms with Crippen LogP contribution in [0, 0.1) is 0 Å². The first kappa shape index (κ1) is 8.05. The highest BCUT2D eigenvalue weighted by Crippen LogP contribution is 2.11. The molecule has 58 valence electrons. The van der Waals surface area contributed by atoms with Gasteiger partial charge in [-0.15, -0.1) is 12.4 Å². The van der Waals surface area contributed by atoms with Crippen molar-refractivity contribution in [3.63, 3.8) is 0 Å². The van der Waals surface area contributed by atoms with Crippen molar-refractivity contribution in [2.45, 2.75) is 12.5 Å². The van der Waals surface area contributed by atoms with Crippen LogP contribution in [0.4, 0.5) is 0 Å². The van der Waals surface area contributed by atoms with Gasteiger partial charge in [-0.2, -0.15) is 0 Å². The van der Waals surface area contributed by atoms with Gasteiger partial charge in [-0.1, -0.05) is 6.08 Å². The summed E-state index contributed by atoms with van der Waals surface area (Å²) < 4.78 is 0. The molecule has 1 atom stereocenters. The lowest BCUT2D eigenvalue weighted by Gasteiger charge is -2.17. The van der Waals surface area contributed by atoms with Gasteiger partial charge in [0.1, 0.15) is 0 Å². The van der Waals surface area contributed by atoms with Crippen molar-refractivity contribution in [2.24, 2.45) is 0 Å². The van der Waals surface area contributed by atoms with Crippen molar-refractivity contribution in [1.82, 2.24) is 10.6 Å². The molecule has 2 nitrogen and oxygen atoms in total. The first-order valence-electron chi connectivity index (χ1n) is 3.60. The minimum Gasteiger partial charge on any atom is -0.311 e. The van der Waals surface area contributed by atoms with E-state index in [1.165, 1.54) is 6.42 Å². The van der Waals surface area contributed by atoms with Crippen LogP contribution in [0.5, 0.6) is 0 Å². The predicted molar refractivity (Wildman–Crippen MR) is 46.8 cm³/mol. The van der Waals surface area contributed by atoms with E-state index >= 15 is 0 Å². The minimum absolute atomic E-state index is 0. The van der Waals surface area contributed by atoms with Gasteiger partial charge < -0.3 is 10.6 Å². The molecule has 0 aromatic rings. The van der Waals surface area contributed by atoms with Crippen LogP contribution >= 0.6 is 12.4 Å². The van der Waals surface area contributed by atoms with Crippen LogP contribution in [0.25, 0.3) is 0 Å². The molecule has 2 rings (SSSR count). The summed E-state index contributed by atoms with van der Waals surface area (Å²) in [5.41, 5.74) is 1.57. The van der Waals surface area contributed by atoms with Gasteiger partial charge >= 0.3 is 2.85 Å². The molecule has 2 N–H and O–H groups in total. The zero-order valence-electron chi connectivity index (χ0n) is 7.89. The highest BCUT2D eigenvalue weighted by Gasteiger charge is 2.20. The second-order valence-electron chi connectivity index (χ2n) is 2.71. The summed E-state index contributed by atoms with van der Waals surface area (Å²) in [6.07, 6.45) is 3.58. The molecule has 0 amide bonds. The quantitative estimate of drug-likeness (QED) is 0.508. The number of nitrogens with one attached hydrogen (secondary N) is 2. The van der Waals surface area contributed by atoms with Crippen LogP contribution in [0.3, 0.4) is 0 Å². The van der Waals surface area contributed by atoms with Gasteiger partial charge in [0, 0.05) is 19.1 Å². The fourth-order valence-electron chi connectivity index (χ4n) is 1.55. The topological polar surface area (TPSA) is 24.1 Å². The largest absolute Gasteiger partial charge is 1.00 e. The van der Waals surface area contributed by atoms with Crippen molar-refractivity contribution in [1.29, 1.82) is 0 Å². The molecule has 0 saturated carbocycles. The van der Waals surface area contributed by atoms with Crippen LogP contribution in [-0.4, -0.2) is 25.7 Å². The SMILES string of the molecule is C1=C2CNCC2NCC1.Cl.[H+].[H+]. The van der Waals surface area contributed by atoms with Gasteiger partial charge in [0.25, 0.3) is 0 Å². The summed E-state index contributed by atoms with van der Waals surface area (Å²) in [5.74, 6) is 0. The van der Waals surface area contributed by atoms with E-state index in [-0.39, 0.29) is 15.3 Å². The van der Waals surface area contributed by atoms with Crippen LogP contribution in [-0.2, 0) is 0 Å². The standard InChI is InChI=1S/C7H12N2.ClH/c1-2-6-4-8-5-7(6)9-3-1;/h2,7-9H,1,3-5H2;1H/p+2. The third-order valence-corrected chi connectivity index (χ3v) is 2.07. The molecular formula is C7H15ClN2+2. The van der Waals surface area contributed by atoms with Crippen molar-refractivity contribution in [3.8, 4) is 0 Å². The number of rotatable bonds is 0. The molecule has 10 heavy (non-hydrogen) atoms. The molecule has 1 unspecified atom stereocenters. The van der Waals surface area contributed by atoms with E-state index in [2.05, 4.69) is 16.7 Å². The Morgan fingerprint density at radius 3 is 3.30 bits per heavy atom. The lowest BCUT2D eigenvalue weighted by molar-refractivity contribution is 0.579. The molecule has 1 fully saturated rings. The highest BCUT2D eigenvalue weighted by atomic mass is 35.5. The van der Waals surface area contributed by atoms with Crippen LogP contribution in [0.1, 0.15) is 9.27 Å². The molecule has 0 aromatic carbocycles. The molecule has 2 heterocycles. The lowest BCUT2D eigenvalue weighted by atomic mass is 10.1. The average Bonchev–Trinajstić information content (AvgIpc) is 2.33. The fourth-order valence-corrected chi connectivity index (χ4v) is 1.55. The summed E-state index contributed by atoms with van der Waals surface area (Å²) in [4.78, 5) is 0. The first-order valence-corrected chi connectivity index (χ1v) is 3.60. The number of fused-ring (bicyclic) bond motifs is 1. The molecule has 0 spiro atoms. The van der Waals surface area contributed by atoms with E-state index in [1.54, 1.807) is 5.57 Å². The fraction of sp³-hybridized carbons (Fsp3) is 0.714. The Morgan fingerprint density at radius 1 is 1.60 bits per heavy atom. The van der Waals surface area contributed by atoms with Crippen molar-refractivity contribution in [2.75, 3.05) is 19.6 Å². The van der Waals surface area contributed by atoms with E-state index in [4.69, 9.17) is 0 Å². The third kappa shape index (κ3) is 1.34. The molecule has 0 aliphatic carbocycles. The molecule has 2 aliphatic heterocycles. The highest BCUT2D eigenvalue weighted by molar-refractivity contribution is 5.85. The van der Waals surface area contributed by atoms with E-state index in [1.807, 2.05) is 0 Å². The normalized spacial score (nSPS) is 30.4. The van der Waals surface area contributed by atoms with Gasteiger partial charge in [-0.25, -0.2) is 0 Å². The Balaban J connectivity index is 0. The Bertz CT molecular complexity index is 152. The van der Waals surface area contributed by atoms with Gasteiger partial charge in [0.2, 0.25) is 0 Å². The van der Waals surface area contributed by atoms with Gasteiger partial charge in [-0.3, -0.25) is 0 Å². The molecule has 0 bridgehead atoms. The Morgan fingerprint density at radius 2 is 2.50 bits per heavy atom. The molecule has 0 aromatic heterocycles. The maximum absolute atomic E-state index is 3.45. The van der Waals surface area contributed by atoms with Crippen LogP contribution < -0.4 is 10.6 Å². The number of hydrogen-bond acceptors (Lipinski definition) is 2. The summed E-state index contributed by atoms with van der Waals surface area (Å²) >= 11 is 0. The third-order valence-electron chi connectivity index (χ3n) is 2.07. The summed E-state index contributed by atoms with van der Waals surface area (Å²) in [5, 5.41) is 6.78. The number of halogens is 1. The zero-order chi connectivity index (χ0) is 6.10. The summed E-state index contributed by atoms with van der Waals surface area (Å²) in [6.45, 7) is 3.40. The Hall–Kier alpha value is -0.0500. The Labute approximate surface area is 70.5 Å². The molecule has 2 aliphatic rings.